The van der Waals surface area contributed by atoms with Crippen molar-refractivity contribution in [3.8, 4) is 11.5 Å². The first kappa shape index (κ1) is 40.0. The number of nitrogens with zero attached hydrogens (tertiary/aromatic N) is 6. The lowest BCUT2D eigenvalue weighted by molar-refractivity contribution is -0.110. The highest BCUT2D eigenvalue weighted by Gasteiger charge is 2.21. The van der Waals surface area contributed by atoms with E-state index in [2.05, 4.69) is 31.6 Å². The van der Waals surface area contributed by atoms with Crippen LogP contribution in [0.15, 0.2) is 65.3 Å². The number of hydrogen-bond donors (Lipinski definition) is 6. The maximum Gasteiger partial charge on any atom is 0.276 e. The number of hydrogen-bond acceptors (Lipinski definition) is 12. The average Bonchev–Trinajstić information content (AvgIpc) is 3.69. The predicted molar refractivity (Wildman–Crippen MR) is 215 cm³/mol. The number of methoxy groups -OCH3 is 1. The van der Waals surface area contributed by atoms with Gasteiger partial charge in [0.15, 0.2) is 0 Å². The van der Waals surface area contributed by atoms with Crippen LogP contribution >= 0.6 is 0 Å². The molecule has 10 N–H and O–H groups in total. The summed E-state index contributed by atoms with van der Waals surface area (Å²) < 4.78 is 15.5. The number of carbonyl (C=O) groups excluding carboxylic acids is 3. The third kappa shape index (κ3) is 9.68. The number of nitrogens with two attached hydrogens (primary N) is 4. The summed E-state index contributed by atoms with van der Waals surface area (Å²) in [5.74, 6) is -0.244. The maximum absolute atomic E-state index is 13.4. The molecular weight excluding hydrogens is 704 g/mol. The molecule has 2 aromatic heterocycles. The molecule has 4 aromatic rings. The predicted octanol–water partition coefficient (Wildman–Crippen LogP) is 2.51. The van der Waals surface area contributed by atoms with Crippen LogP contribution in [0.3, 0.4) is 0 Å². The van der Waals surface area contributed by atoms with E-state index in [-0.39, 0.29) is 42.0 Å². The van der Waals surface area contributed by atoms with E-state index in [1.54, 1.807) is 36.7 Å². The van der Waals surface area contributed by atoms with Gasteiger partial charge in [0.1, 0.15) is 34.9 Å². The monoisotopic (exact) mass is 754 g/mol. The van der Waals surface area contributed by atoms with Gasteiger partial charge in [-0.25, -0.2) is 9.97 Å². The molecule has 1 aliphatic rings. The Morgan fingerprint density at radius 1 is 0.873 bits per heavy atom. The molecule has 1 saturated heterocycles. The highest BCUT2D eigenvalue weighted by molar-refractivity contribution is 6.47. The zero-order valence-electron chi connectivity index (χ0n) is 31.7. The van der Waals surface area contributed by atoms with Gasteiger partial charge < -0.3 is 46.9 Å². The van der Waals surface area contributed by atoms with E-state index >= 15 is 0 Å². The van der Waals surface area contributed by atoms with Crippen LogP contribution in [0.5, 0.6) is 11.5 Å². The normalized spacial score (nSPS) is 14.7. The first-order chi connectivity index (χ1) is 26.4. The third-order valence-electron chi connectivity index (χ3n) is 9.02. The van der Waals surface area contributed by atoms with Crippen molar-refractivity contribution in [3.05, 3.63) is 71.5 Å². The van der Waals surface area contributed by atoms with Gasteiger partial charge in [-0.2, -0.15) is 0 Å². The molecule has 292 valence electrons. The van der Waals surface area contributed by atoms with E-state index in [1.165, 1.54) is 19.3 Å². The van der Waals surface area contributed by atoms with Gasteiger partial charge in [0, 0.05) is 56.1 Å². The molecule has 0 bridgehead atoms. The molecule has 0 atom stereocenters. The number of amides is 3. The number of primary amides is 2. The molecule has 0 saturated carbocycles. The Hall–Kier alpha value is -6.20. The number of aliphatic imine (C=N–C) groups is 1. The highest BCUT2D eigenvalue weighted by Crippen LogP contribution is 2.32. The lowest BCUT2D eigenvalue weighted by Gasteiger charge is -2.28. The quantitative estimate of drug-likeness (QED) is 0.0675. The Kier molecular flexibility index (Phi) is 13.3. The molecule has 1 fully saturated rings. The number of nitrogens with one attached hydrogen (secondary N) is 2. The number of fused-ring (bicyclic) bond motifs is 2. The average molecular weight is 755 g/mol. The molecule has 5 rings (SSSR count). The lowest BCUT2D eigenvalue weighted by Crippen LogP contribution is -2.39. The summed E-state index contributed by atoms with van der Waals surface area (Å²) in [7, 11) is 3.23. The SMILES string of the molecule is CCN=C(/C=C(/C)N)C(=O)Nc1nc2cc(C(N)=O)cc(OC)c2n1C/C=C/Cn1c(NC)nc2cc(C(N)=O)cc(OC/C=C/CN3CCC(N)CC3)c21. The zero-order chi connectivity index (χ0) is 39.6. The van der Waals surface area contributed by atoms with Crippen LogP contribution < -0.4 is 43.0 Å². The fourth-order valence-electron chi connectivity index (χ4n) is 6.31. The Balaban J connectivity index is 1.44. The molecule has 0 radical (unpaired) electrons. The molecule has 1 aliphatic heterocycles. The van der Waals surface area contributed by atoms with Crippen molar-refractivity contribution >= 4 is 57.4 Å². The Morgan fingerprint density at radius 2 is 1.44 bits per heavy atom. The van der Waals surface area contributed by atoms with Gasteiger partial charge in [-0.05, 0) is 70.1 Å². The van der Waals surface area contributed by atoms with E-state index in [9.17, 15) is 14.4 Å². The van der Waals surface area contributed by atoms with Crippen molar-refractivity contribution in [2.45, 2.75) is 45.8 Å². The number of imidazole rings is 2. The van der Waals surface area contributed by atoms with Crippen molar-refractivity contribution < 1.29 is 23.9 Å². The Labute approximate surface area is 319 Å². The van der Waals surface area contributed by atoms with Gasteiger partial charge in [-0.1, -0.05) is 24.3 Å². The molecular formula is C38H50N12O5. The molecule has 0 aliphatic carbocycles. The number of aromatic nitrogens is 4. The molecule has 0 unspecified atom stereocenters. The number of rotatable bonds is 17. The van der Waals surface area contributed by atoms with Crippen LogP contribution in [0.4, 0.5) is 11.9 Å². The molecule has 3 heterocycles. The number of benzene rings is 2. The first-order valence-corrected chi connectivity index (χ1v) is 18.0. The topological polar surface area (TPSA) is 249 Å². The van der Waals surface area contributed by atoms with Crippen LogP contribution in [-0.2, 0) is 17.9 Å². The first-order valence-electron chi connectivity index (χ1n) is 18.0. The van der Waals surface area contributed by atoms with Crippen LogP contribution in [-0.4, -0.2) is 100 Å². The molecule has 55 heavy (non-hydrogen) atoms. The van der Waals surface area contributed by atoms with Gasteiger partial charge in [-0.3, -0.25) is 29.6 Å². The maximum atomic E-state index is 13.4. The Bertz CT molecular complexity index is 2170. The molecule has 0 spiro atoms. The number of ether oxygens (including phenoxy) is 2. The fraction of sp³-hybridized carbons (Fsp3) is 0.368. The van der Waals surface area contributed by atoms with Crippen molar-refractivity contribution in [3.63, 3.8) is 0 Å². The smallest absolute Gasteiger partial charge is 0.276 e. The van der Waals surface area contributed by atoms with E-state index in [0.29, 0.717) is 58.3 Å². The van der Waals surface area contributed by atoms with Gasteiger partial charge in [0.25, 0.3) is 5.91 Å². The van der Waals surface area contributed by atoms with E-state index < -0.39 is 17.7 Å². The summed E-state index contributed by atoms with van der Waals surface area (Å²) in [5.41, 5.74) is 26.3. The van der Waals surface area contributed by atoms with Crippen molar-refractivity contribution in [1.82, 2.24) is 24.0 Å². The number of allylic oxidation sites excluding steroid dienone is 3. The van der Waals surface area contributed by atoms with E-state index in [4.69, 9.17) is 37.4 Å². The summed E-state index contributed by atoms with van der Waals surface area (Å²) in [4.78, 5) is 53.7. The van der Waals surface area contributed by atoms with Crippen LogP contribution in [0, 0.1) is 0 Å². The Morgan fingerprint density at radius 3 is 2.00 bits per heavy atom. The second-order valence-electron chi connectivity index (χ2n) is 13.1. The zero-order valence-corrected chi connectivity index (χ0v) is 31.7. The van der Waals surface area contributed by atoms with Crippen molar-refractivity contribution in [1.29, 1.82) is 0 Å². The minimum Gasteiger partial charge on any atom is -0.494 e. The number of anilines is 2. The summed E-state index contributed by atoms with van der Waals surface area (Å²) >= 11 is 0. The van der Waals surface area contributed by atoms with Gasteiger partial charge in [-0.15, -0.1) is 0 Å². The van der Waals surface area contributed by atoms with E-state index in [0.717, 1.165) is 32.5 Å². The molecule has 2 aromatic carbocycles. The van der Waals surface area contributed by atoms with Crippen LogP contribution in [0.2, 0.25) is 0 Å². The minimum absolute atomic E-state index is 0.133. The number of likely N-dealkylation sites (tertiary alicyclic amines) is 1. The van der Waals surface area contributed by atoms with Gasteiger partial charge >= 0.3 is 0 Å². The summed E-state index contributed by atoms with van der Waals surface area (Å²) in [6.45, 7) is 7.40. The summed E-state index contributed by atoms with van der Waals surface area (Å²) in [6.07, 6.45) is 11.3. The standard InChI is InChI=1S/C38H50N12O5/c1-5-44-29(18-23(2)39)36(53)47-38-46-27-19-24(34(41)51)21-30(54-4)32(27)50(38)14-7-6-13-49-33-28(45-37(49)43-3)20-25(35(42)52)22-31(33)55-17-9-8-12-48-15-10-26(40)11-16-48/h6-9,18-22,26H,5,10-17,39-40H2,1-4H3,(H2,41,51)(H2,42,52)(H,43,45)(H,46,47,53)/b7-6+,9-8+,23-18-,44-29?. The van der Waals surface area contributed by atoms with Crippen LogP contribution in [0.1, 0.15) is 47.4 Å². The third-order valence-corrected chi connectivity index (χ3v) is 9.02. The molecule has 17 heteroatoms. The molecule has 17 nitrogen and oxygen atoms in total. The highest BCUT2D eigenvalue weighted by atomic mass is 16.5. The van der Waals surface area contributed by atoms with Crippen LogP contribution in [0.25, 0.3) is 22.1 Å². The van der Waals surface area contributed by atoms with Gasteiger partial charge in [0.2, 0.25) is 23.7 Å². The summed E-state index contributed by atoms with van der Waals surface area (Å²) in [5, 5.41) is 5.97. The number of carbonyl (C=O) groups is 3. The van der Waals surface area contributed by atoms with Gasteiger partial charge in [0.05, 0.1) is 18.1 Å². The minimum atomic E-state index is -0.653. The largest absolute Gasteiger partial charge is 0.494 e. The van der Waals surface area contributed by atoms with Crippen molar-refractivity contribution in [2.24, 2.45) is 27.9 Å². The second kappa shape index (κ2) is 18.2. The van der Waals surface area contributed by atoms with E-state index in [1.807, 2.05) is 29.7 Å². The lowest BCUT2D eigenvalue weighted by atomic mass is 10.1. The number of piperidine rings is 1. The molecule has 3 amide bonds. The second-order valence-corrected chi connectivity index (χ2v) is 13.1. The fourth-order valence-corrected chi connectivity index (χ4v) is 6.31. The van der Waals surface area contributed by atoms with Crippen molar-refractivity contribution in [2.75, 3.05) is 57.6 Å². The summed E-state index contributed by atoms with van der Waals surface area (Å²) in [6, 6.07) is 6.60.